The first-order valence-electron chi connectivity index (χ1n) is 5.59. The summed E-state index contributed by atoms with van der Waals surface area (Å²) in [7, 11) is 1.58. The molecule has 0 aliphatic heterocycles. The molecule has 1 aromatic heterocycles. The van der Waals surface area contributed by atoms with E-state index in [2.05, 4.69) is 28.5 Å². The number of nitrogens with one attached hydrogen (secondary N) is 2. The van der Waals surface area contributed by atoms with E-state index < -0.39 is 0 Å². The summed E-state index contributed by atoms with van der Waals surface area (Å²) in [6, 6.07) is 3.77. The highest BCUT2D eigenvalue weighted by molar-refractivity contribution is 5.92. The standard InChI is InChI=1S/C13H17N3O/c1-4-6-10(5-2)16-11-7-8-15-12(9-11)13(17)14-3/h1,7-10H,5-6H2,2-3H3,(H,14,17)(H,15,16). The Labute approximate surface area is 102 Å². The van der Waals surface area contributed by atoms with Crippen LogP contribution in [-0.2, 0) is 0 Å². The van der Waals surface area contributed by atoms with Gasteiger partial charge in [-0.25, -0.2) is 0 Å². The Hall–Kier alpha value is -2.02. The van der Waals surface area contributed by atoms with E-state index >= 15 is 0 Å². The maximum atomic E-state index is 11.4. The van der Waals surface area contributed by atoms with Crippen LogP contribution in [0.15, 0.2) is 18.3 Å². The Morgan fingerprint density at radius 3 is 3.00 bits per heavy atom. The number of carbonyl (C=O) groups excluding carboxylic acids is 1. The molecule has 1 unspecified atom stereocenters. The molecule has 0 bridgehead atoms. The van der Waals surface area contributed by atoms with Gasteiger partial charge in [-0.15, -0.1) is 12.3 Å². The van der Waals surface area contributed by atoms with E-state index in [1.165, 1.54) is 0 Å². The minimum Gasteiger partial charge on any atom is -0.381 e. The molecule has 1 aromatic rings. The van der Waals surface area contributed by atoms with Crippen LogP contribution in [0, 0.1) is 12.3 Å². The van der Waals surface area contributed by atoms with Gasteiger partial charge in [-0.05, 0) is 18.6 Å². The molecule has 0 aromatic carbocycles. The largest absolute Gasteiger partial charge is 0.381 e. The molecule has 0 aliphatic rings. The van der Waals surface area contributed by atoms with Gasteiger partial charge in [0.1, 0.15) is 5.69 Å². The van der Waals surface area contributed by atoms with Gasteiger partial charge < -0.3 is 10.6 Å². The molecule has 4 heteroatoms. The third-order valence-electron chi connectivity index (χ3n) is 2.45. The lowest BCUT2D eigenvalue weighted by Gasteiger charge is -2.15. The van der Waals surface area contributed by atoms with Crippen LogP contribution in [0.25, 0.3) is 0 Å². The minimum atomic E-state index is -0.196. The molecule has 0 spiro atoms. The minimum absolute atomic E-state index is 0.196. The number of amides is 1. The van der Waals surface area contributed by atoms with Gasteiger partial charge >= 0.3 is 0 Å². The van der Waals surface area contributed by atoms with Crippen LogP contribution in [0.5, 0.6) is 0 Å². The zero-order valence-electron chi connectivity index (χ0n) is 10.2. The number of pyridine rings is 1. The van der Waals surface area contributed by atoms with E-state index in [0.29, 0.717) is 12.1 Å². The number of nitrogens with zero attached hydrogens (tertiary/aromatic N) is 1. The third-order valence-corrected chi connectivity index (χ3v) is 2.45. The van der Waals surface area contributed by atoms with Crippen molar-refractivity contribution in [1.29, 1.82) is 0 Å². The number of anilines is 1. The lowest BCUT2D eigenvalue weighted by molar-refractivity contribution is 0.0958. The summed E-state index contributed by atoms with van der Waals surface area (Å²) < 4.78 is 0. The van der Waals surface area contributed by atoms with Crippen molar-refractivity contribution in [3.63, 3.8) is 0 Å². The third kappa shape index (κ3) is 3.80. The maximum Gasteiger partial charge on any atom is 0.269 e. The second kappa shape index (κ2) is 6.54. The predicted molar refractivity (Wildman–Crippen MR) is 68.8 cm³/mol. The van der Waals surface area contributed by atoms with Crippen LogP contribution in [0.2, 0.25) is 0 Å². The van der Waals surface area contributed by atoms with Crippen molar-refractivity contribution >= 4 is 11.6 Å². The van der Waals surface area contributed by atoms with E-state index in [0.717, 1.165) is 12.1 Å². The van der Waals surface area contributed by atoms with Crippen molar-refractivity contribution in [3.8, 4) is 12.3 Å². The van der Waals surface area contributed by atoms with E-state index in [1.54, 1.807) is 19.3 Å². The second-order valence-electron chi connectivity index (χ2n) is 3.67. The SMILES string of the molecule is C#CCC(CC)Nc1ccnc(C(=O)NC)c1. The lowest BCUT2D eigenvalue weighted by Crippen LogP contribution is -2.21. The number of aromatic nitrogens is 1. The van der Waals surface area contributed by atoms with Crippen molar-refractivity contribution < 1.29 is 4.79 Å². The summed E-state index contributed by atoms with van der Waals surface area (Å²) >= 11 is 0. The topological polar surface area (TPSA) is 54.0 Å². The molecule has 0 saturated carbocycles. The number of terminal acetylenes is 1. The van der Waals surface area contributed by atoms with Gasteiger partial charge in [0.05, 0.1) is 0 Å². The van der Waals surface area contributed by atoms with Crippen LogP contribution in [0.4, 0.5) is 5.69 Å². The molecule has 2 N–H and O–H groups in total. The number of rotatable bonds is 5. The highest BCUT2D eigenvalue weighted by Crippen LogP contribution is 2.12. The molecule has 1 amide bonds. The van der Waals surface area contributed by atoms with Crippen LogP contribution >= 0.6 is 0 Å². The van der Waals surface area contributed by atoms with E-state index in [4.69, 9.17) is 6.42 Å². The average molecular weight is 231 g/mol. The molecular formula is C13H17N3O. The Morgan fingerprint density at radius 2 is 2.41 bits per heavy atom. The van der Waals surface area contributed by atoms with Crippen molar-refractivity contribution in [2.75, 3.05) is 12.4 Å². The smallest absolute Gasteiger partial charge is 0.269 e. The summed E-state index contributed by atoms with van der Waals surface area (Å²) in [5, 5.41) is 5.83. The average Bonchev–Trinajstić information content (AvgIpc) is 2.37. The second-order valence-corrected chi connectivity index (χ2v) is 3.67. The number of hydrogen-bond acceptors (Lipinski definition) is 3. The molecule has 0 saturated heterocycles. The predicted octanol–water partition coefficient (Wildman–Crippen LogP) is 1.66. The van der Waals surface area contributed by atoms with Gasteiger partial charge in [-0.3, -0.25) is 9.78 Å². The fraction of sp³-hybridized carbons (Fsp3) is 0.385. The van der Waals surface area contributed by atoms with Crippen molar-refractivity contribution in [2.45, 2.75) is 25.8 Å². The molecule has 1 rings (SSSR count). The van der Waals surface area contributed by atoms with E-state index in [9.17, 15) is 4.79 Å². The van der Waals surface area contributed by atoms with Gasteiger partial charge in [-0.2, -0.15) is 0 Å². The van der Waals surface area contributed by atoms with Crippen LogP contribution < -0.4 is 10.6 Å². The van der Waals surface area contributed by atoms with E-state index in [1.807, 2.05) is 6.07 Å². The van der Waals surface area contributed by atoms with Crippen LogP contribution in [0.1, 0.15) is 30.3 Å². The monoisotopic (exact) mass is 231 g/mol. The van der Waals surface area contributed by atoms with Crippen molar-refractivity contribution in [2.24, 2.45) is 0 Å². The molecule has 0 radical (unpaired) electrons. The maximum absolute atomic E-state index is 11.4. The normalized spacial score (nSPS) is 11.4. The summed E-state index contributed by atoms with van der Waals surface area (Å²) in [6.45, 7) is 2.07. The Kier molecular flexibility index (Phi) is 5.02. The van der Waals surface area contributed by atoms with Gasteiger partial charge in [0.2, 0.25) is 0 Å². The zero-order valence-corrected chi connectivity index (χ0v) is 10.2. The van der Waals surface area contributed by atoms with Gasteiger partial charge in [-0.1, -0.05) is 6.92 Å². The molecule has 90 valence electrons. The Morgan fingerprint density at radius 1 is 1.65 bits per heavy atom. The molecular weight excluding hydrogens is 214 g/mol. The summed E-state index contributed by atoms with van der Waals surface area (Å²) in [6.07, 6.45) is 8.49. The lowest BCUT2D eigenvalue weighted by atomic mass is 10.1. The molecule has 0 aliphatic carbocycles. The van der Waals surface area contributed by atoms with Gasteiger partial charge in [0.15, 0.2) is 0 Å². The fourth-order valence-electron chi connectivity index (χ4n) is 1.45. The number of carbonyl (C=O) groups is 1. The molecule has 17 heavy (non-hydrogen) atoms. The molecule has 0 fully saturated rings. The Balaban J connectivity index is 2.78. The molecule has 4 nitrogen and oxygen atoms in total. The fourth-order valence-corrected chi connectivity index (χ4v) is 1.45. The summed E-state index contributed by atoms with van der Waals surface area (Å²) in [5.74, 6) is 2.43. The van der Waals surface area contributed by atoms with Crippen molar-refractivity contribution in [1.82, 2.24) is 10.3 Å². The van der Waals surface area contributed by atoms with Crippen molar-refractivity contribution in [3.05, 3.63) is 24.0 Å². The molecule has 1 heterocycles. The van der Waals surface area contributed by atoms with Gasteiger partial charge in [0, 0.05) is 31.4 Å². The summed E-state index contributed by atoms with van der Waals surface area (Å²) in [5.41, 5.74) is 1.26. The first-order valence-corrected chi connectivity index (χ1v) is 5.59. The molecule has 1 atom stereocenters. The zero-order chi connectivity index (χ0) is 12.7. The Bertz CT molecular complexity index is 423. The van der Waals surface area contributed by atoms with Crippen LogP contribution in [0.3, 0.4) is 0 Å². The van der Waals surface area contributed by atoms with Crippen LogP contribution in [-0.4, -0.2) is 24.0 Å². The first-order chi connectivity index (χ1) is 8.21. The highest BCUT2D eigenvalue weighted by atomic mass is 16.1. The van der Waals surface area contributed by atoms with E-state index in [-0.39, 0.29) is 11.9 Å². The van der Waals surface area contributed by atoms with Gasteiger partial charge in [0.25, 0.3) is 5.91 Å². The summed E-state index contributed by atoms with van der Waals surface area (Å²) in [4.78, 5) is 15.4. The first kappa shape index (κ1) is 13.0. The number of hydrogen-bond donors (Lipinski definition) is 2. The highest BCUT2D eigenvalue weighted by Gasteiger charge is 2.08. The quantitative estimate of drug-likeness (QED) is 0.758.